The number of carbonyl (C=O) groups is 1. The van der Waals surface area contributed by atoms with Crippen molar-refractivity contribution in [2.45, 2.75) is 25.4 Å². The maximum atomic E-state index is 12.4. The molecule has 3 aromatic rings. The smallest absolute Gasteiger partial charge is 0.273 e. The largest absolute Gasteiger partial charge is 0.492 e. The molecule has 1 aliphatic rings. The molecule has 31 heavy (non-hydrogen) atoms. The van der Waals surface area contributed by atoms with E-state index in [1.807, 2.05) is 41.8 Å². The summed E-state index contributed by atoms with van der Waals surface area (Å²) in [5.41, 5.74) is 1.23. The molecule has 0 aliphatic carbocycles. The van der Waals surface area contributed by atoms with Crippen LogP contribution in [0.15, 0.2) is 52.4 Å². The van der Waals surface area contributed by atoms with Gasteiger partial charge in [0.15, 0.2) is 11.5 Å². The van der Waals surface area contributed by atoms with Crippen molar-refractivity contribution in [3.63, 3.8) is 0 Å². The zero-order chi connectivity index (χ0) is 21.5. The Morgan fingerprint density at radius 3 is 2.94 bits per heavy atom. The Morgan fingerprint density at radius 1 is 1.26 bits per heavy atom. The number of amides is 1. The highest BCUT2D eigenvalue weighted by Gasteiger charge is 2.18. The molecular weight excluding hydrogens is 414 g/mol. The molecule has 1 amide bonds. The number of thiophene rings is 1. The Balaban J connectivity index is 1.24. The summed E-state index contributed by atoms with van der Waals surface area (Å²) in [5, 5.41) is 8.72. The lowest BCUT2D eigenvalue weighted by Crippen LogP contribution is -2.38. The molecule has 0 spiro atoms. The molecular formula is C23H27N3O4S. The molecule has 4 rings (SSSR count). The van der Waals surface area contributed by atoms with E-state index in [0.717, 1.165) is 48.8 Å². The molecule has 0 radical (unpaired) electrons. The quantitative estimate of drug-likeness (QED) is 0.544. The van der Waals surface area contributed by atoms with Crippen LogP contribution in [0.25, 0.3) is 10.6 Å². The highest BCUT2D eigenvalue weighted by Crippen LogP contribution is 2.25. The van der Waals surface area contributed by atoms with Crippen LogP contribution in [0.3, 0.4) is 0 Å². The maximum absolute atomic E-state index is 12.4. The van der Waals surface area contributed by atoms with Gasteiger partial charge < -0.3 is 19.3 Å². The molecule has 8 heteroatoms. The molecule has 1 aromatic carbocycles. The van der Waals surface area contributed by atoms with Crippen molar-refractivity contribution in [3.8, 4) is 16.4 Å². The third-order valence-corrected chi connectivity index (χ3v) is 6.27. The van der Waals surface area contributed by atoms with Crippen LogP contribution in [0.4, 0.5) is 0 Å². The fraction of sp³-hybridized carbons (Fsp3) is 0.391. The number of rotatable bonds is 9. The number of hydrogen-bond donors (Lipinski definition) is 1. The third-order valence-electron chi connectivity index (χ3n) is 5.39. The number of aromatic nitrogens is 1. The minimum absolute atomic E-state index is 0.268. The second-order valence-electron chi connectivity index (χ2n) is 7.56. The summed E-state index contributed by atoms with van der Waals surface area (Å²) < 4.78 is 16.6. The summed E-state index contributed by atoms with van der Waals surface area (Å²) in [7, 11) is 2.14. The normalized spacial score (nSPS) is 14.6. The average Bonchev–Trinajstić information content (AvgIpc) is 3.50. The van der Waals surface area contributed by atoms with Gasteiger partial charge in [-0.15, -0.1) is 11.3 Å². The van der Waals surface area contributed by atoms with Crippen LogP contribution in [0, 0.1) is 0 Å². The zero-order valence-electron chi connectivity index (χ0n) is 17.6. The van der Waals surface area contributed by atoms with Crippen molar-refractivity contribution in [2.24, 2.45) is 0 Å². The van der Waals surface area contributed by atoms with Crippen LogP contribution in [0.1, 0.15) is 28.9 Å². The average molecular weight is 442 g/mol. The van der Waals surface area contributed by atoms with Gasteiger partial charge in [0.05, 0.1) is 4.88 Å². The molecule has 0 unspecified atom stereocenters. The predicted molar refractivity (Wildman–Crippen MR) is 119 cm³/mol. The highest BCUT2D eigenvalue weighted by atomic mass is 32.1. The van der Waals surface area contributed by atoms with E-state index in [0.29, 0.717) is 25.0 Å². The number of ether oxygens (including phenoxy) is 2. The molecule has 7 nitrogen and oxygen atoms in total. The third kappa shape index (κ3) is 5.94. The Kier molecular flexibility index (Phi) is 7.35. The second-order valence-corrected chi connectivity index (χ2v) is 8.50. The molecule has 0 saturated carbocycles. The topological polar surface area (TPSA) is 76.8 Å². The second kappa shape index (κ2) is 10.6. The van der Waals surface area contributed by atoms with E-state index >= 15 is 0 Å². The molecule has 1 saturated heterocycles. The lowest BCUT2D eigenvalue weighted by Gasteiger charge is -2.31. The zero-order valence-corrected chi connectivity index (χ0v) is 18.4. The van der Waals surface area contributed by atoms with Crippen LogP contribution in [-0.4, -0.2) is 55.4 Å². The van der Waals surface area contributed by atoms with E-state index < -0.39 is 0 Å². The van der Waals surface area contributed by atoms with Crippen LogP contribution >= 0.6 is 11.3 Å². The Labute approximate surface area is 185 Å². The predicted octanol–water partition coefficient (Wildman–Crippen LogP) is 3.82. The van der Waals surface area contributed by atoms with Gasteiger partial charge in [-0.2, -0.15) is 0 Å². The SMILES string of the molecule is CN(CCOc1cccc(CNC(=O)c2cc(-c3cccs3)on2)c1)C1CCOCC1. The summed E-state index contributed by atoms with van der Waals surface area (Å²) >= 11 is 1.54. The van der Waals surface area contributed by atoms with Crippen LogP contribution < -0.4 is 10.1 Å². The summed E-state index contributed by atoms with van der Waals surface area (Å²) in [6.07, 6.45) is 2.15. The van der Waals surface area contributed by atoms with Crippen LogP contribution in [-0.2, 0) is 11.3 Å². The lowest BCUT2D eigenvalue weighted by molar-refractivity contribution is 0.0392. The summed E-state index contributed by atoms with van der Waals surface area (Å²) in [6, 6.07) is 13.9. The summed E-state index contributed by atoms with van der Waals surface area (Å²) in [5.74, 6) is 1.13. The van der Waals surface area contributed by atoms with Gasteiger partial charge in [-0.05, 0) is 49.0 Å². The molecule has 1 fully saturated rings. The summed E-state index contributed by atoms with van der Waals surface area (Å²) in [6.45, 7) is 3.55. The van der Waals surface area contributed by atoms with Gasteiger partial charge in [0.25, 0.3) is 5.91 Å². The number of benzene rings is 1. The van der Waals surface area contributed by atoms with E-state index in [1.54, 1.807) is 17.4 Å². The number of nitrogens with zero attached hydrogens (tertiary/aromatic N) is 2. The number of likely N-dealkylation sites (N-methyl/N-ethyl adjacent to an activating group) is 1. The summed E-state index contributed by atoms with van der Waals surface area (Å²) in [4.78, 5) is 15.7. The van der Waals surface area contributed by atoms with Gasteiger partial charge in [-0.25, -0.2) is 0 Å². The van der Waals surface area contributed by atoms with E-state index in [1.165, 1.54) is 0 Å². The molecule has 1 aliphatic heterocycles. The van der Waals surface area contributed by atoms with Crippen molar-refractivity contribution >= 4 is 17.2 Å². The maximum Gasteiger partial charge on any atom is 0.273 e. The molecule has 3 heterocycles. The fourth-order valence-electron chi connectivity index (χ4n) is 3.55. The lowest BCUT2D eigenvalue weighted by atomic mass is 10.1. The number of carbonyl (C=O) groups excluding carboxylic acids is 1. The van der Waals surface area contributed by atoms with Crippen molar-refractivity contribution < 1.29 is 18.8 Å². The van der Waals surface area contributed by atoms with Gasteiger partial charge in [0.2, 0.25) is 0 Å². The Morgan fingerprint density at radius 2 is 2.13 bits per heavy atom. The standard InChI is InChI=1S/C23H27N3O4S/c1-26(18-7-10-28-11-8-18)9-12-29-19-5-2-4-17(14-19)16-24-23(27)20-15-21(30-25-20)22-6-3-13-31-22/h2-6,13-15,18H,7-12,16H2,1H3,(H,24,27). The van der Waals surface area contributed by atoms with Gasteiger partial charge in [-0.3, -0.25) is 9.69 Å². The van der Waals surface area contributed by atoms with Gasteiger partial charge in [0.1, 0.15) is 12.4 Å². The van der Waals surface area contributed by atoms with Gasteiger partial charge >= 0.3 is 0 Å². The monoisotopic (exact) mass is 441 g/mol. The molecule has 164 valence electrons. The van der Waals surface area contributed by atoms with E-state index in [-0.39, 0.29) is 11.6 Å². The van der Waals surface area contributed by atoms with Crippen LogP contribution in [0.2, 0.25) is 0 Å². The first-order valence-corrected chi connectivity index (χ1v) is 11.4. The van der Waals surface area contributed by atoms with Crippen molar-refractivity contribution in [2.75, 3.05) is 33.4 Å². The van der Waals surface area contributed by atoms with Crippen molar-refractivity contribution in [3.05, 3.63) is 59.1 Å². The Bertz CT molecular complexity index is 967. The minimum Gasteiger partial charge on any atom is -0.492 e. The fourth-order valence-corrected chi connectivity index (χ4v) is 4.22. The molecule has 2 aromatic heterocycles. The van der Waals surface area contributed by atoms with Gasteiger partial charge in [0, 0.05) is 38.4 Å². The first-order valence-electron chi connectivity index (χ1n) is 10.5. The molecule has 0 atom stereocenters. The first-order chi connectivity index (χ1) is 15.2. The number of hydrogen-bond acceptors (Lipinski definition) is 7. The minimum atomic E-state index is -0.268. The molecule has 1 N–H and O–H groups in total. The number of nitrogens with one attached hydrogen (secondary N) is 1. The van der Waals surface area contributed by atoms with Crippen LogP contribution in [0.5, 0.6) is 5.75 Å². The Hall–Kier alpha value is -2.68. The van der Waals surface area contributed by atoms with E-state index in [4.69, 9.17) is 14.0 Å². The van der Waals surface area contributed by atoms with Gasteiger partial charge in [-0.1, -0.05) is 23.4 Å². The van der Waals surface area contributed by atoms with E-state index in [2.05, 4.69) is 22.4 Å². The first kappa shape index (κ1) is 21.5. The van der Waals surface area contributed by atoms with Crippen molar-refractivity contribution in [1.29, 1.82) is 0 Å². The van der Waals surface area contributed by atoms with E-state index in [9.17, 15) is 4.79 Å². The molecule has 0 bridgehead atoms. The highest BCUT2D eigenvalue weighted by molar-refractivity contribution is 7.13. The van der Waals surface area contributed by atoms with Crippen molar-refractivity contribution in [1.82, 2.24) is 15.4 Å².